The van der Waals surface area contributed by atoms with Crippen LogP contribution in [0.15, 0.2) is 24.3 Å². The van der Waals surface area contributed by atoms with Gasteiger partial charge in [0, 0.05) is 31.4 Å². The number of benzene rings is 1. The fourth-order valence-corrected chi connectivity index (χ4v) is 4.18. The number of piperidine rings is 1. The Bertz CT molecular complexity index is 529. The Morgan fingerprint density at radius 1 is 1.17 bits per heavy atom. The molecule has 5 heteroatoms. The molecule has 2 N–H and O–H groups in total. The van der Waals surface area contributed by atoms with E-state index in [0.717, 1.165) is 44.5 Å². The molecule has 0 amide bonds. The molecule has 0 aromatic heterocycles. The summed E-state index contributed by atoms with van der Waals surface area (Å²) in [5.74, 6) is -0.222. The Morgan fingerprint density at radius 2 is 1.79 bits per heavy atom. The first-order chi connectivity index (χ1) is 11.5. The molecule has 2 atom stereocenters. The van der Waals surface area contributed by atoms with E-state index < -0.39 is 5.60 Å². The number of hydrogen-bond donors (Lipinski definition) is 2. The molecule has 24 heavy (non-hydrogen) atoms. The summed E-state index contributed by atoms with van der Waals surface area (Å²) in [5.41, 5.74) is 0.303. The number of aliphatic hydroxyl groups excluding tert-OH is 1. The van der Waals surface area contributed by atoms with Crippen molar-refractivity contribution in [1.29, 1.82) is 0 Å². The van der Waals surface area contributed by atoms with Gasteiger partial charge in [-0.25, -0.2) is 4.39 Å². The Balaban J connectivity index is 1.55. The minimum absolute atomic E-state index is 0.165. The van der Waals surface area contributed by atoms with Gasteiger partial charge in [-0.1, -0.05) is 12.8 Å². The van der Waals surface area contributed by atoms with Gasteiger partial charge in [0.1, 0.15) is 5.82 Å². The molecule has 0 radical (unpaired) electrons. The monoisotopic (exact) mass is 336 g/mol. The van der Waals surface area contributed by atoms with Gasteiger partial charge in [-0.05, 0) is 57.0 Å². The third kappa shape index (κ3) is 4.08. The number of rotatable bonds is 4. The fourth-order valence-electron chi connectivity index (χ4n) is 4.18. The van der Waals surface area contributed by atoms with E-state index in [4.69, 9.17) is 0 Å². The highest BCUT2D eigenvalue weighted by Crippen LogP contribution is 2.29. The number of anilines is 1. The highest BCUT2D eigenvalue weighted by atomic mass is 19.1. The lowest BCUT2D eigenvalue weighted by Gasteiger charge is -2.44. The average Bonchev–Trinajstić information content (AvgIpc) is 2.56. The van der Waals surface area contributed by atoms with E-state index in [1.165, 1.54) is 12.1 Å². The van der Waals surface area contributed by atoms with Crippen molar-refractivity contribution in [3.05, 3.63) is 30.1 Å². The van der Waals surface area contributed by atoms with Crippen molar-refractivity contribution in [1.82, 2.24) is 4.90 Å². The highest BCUT2D eigenvalue weighted by molar-refractivity contribution is 5.46. The summed E-state index contributed by atoms with van der Waals surface area (Å²) in [6.07, 6.45) is 5.24. The number of likely N-dealkylation sites (N-methyl/N-ethyl adjacent to an activating group) is 1. The van der Waals surface area contributed by atoms with E-state index in [9.17, 15) is 14.6 Å². The predicted molar refractivity (Wildman–Crippen MR) is 93.7 cm³/mol. The highest BCUT2D eigenvalue weighted by Gasteiger charge is 2.36. The number of nitrogens with zero attached hydrogens (tertiary/aromatic N) is 2. The van der Waals surface area contributed by atoms with Crippen molar-refractivity contribution in [3.8, 4) is 0 Å². The lowest BCUT2D eigenvalue weighted by atomic mass is 9.87. The van der Waals surface area contributed by atoms with Crippen molar-refractivity contribution in [2.45, 2.75) is 56.3 Å². The van der Waals surface area contributed by atoms with Crippen molar-refractivity contribution < 1.29 is 14.6 Å². The maximum Gasteiger partial charge on any atom is 0.123 e. The minimum atomic E-state index is -0.706. The molecule has 1 saturated carbocycles. The zero-order valence-electron chi connectivity index (χ0n) is 14.5. The van der Waals surface area contributed by atoms with Gasteiger partial charge >= 0.3 is 0 Å². The third-order valence-electron chi connectivity index (χ3n) is 5.69. The topological polar surface area (TPSA) is 46.9 Å². The summed E-state index contributed by atoms with van der Waals surface area (Å²) in [6, 6.07) is 6.72. The molecule has 4 nitrogen and oxygen atoms in total. The molecule has 0 bridgehead atoms. The largest absolute Gasteiger partial charge is 0.391 e. The van der Waals surface area contributed by atoms with Crippen LogP contribution >= 0.6 is 0 Å². The first-order valence-corrected chi connectivity index (χ1v) is 9.08. The molecule has 134 valence electrons. The van der Waals surface area contributed by atoms with Crippen LogP contribution in [0.2, 0.25) is 0 Å². The smallest absolute Gasteiger partial charge is 0.123 e. The van der Waals surface area contributed by atoms with Gasteiger partial charge in [0.2, 0.25) is 0 Å². The molecule has 3 rings (SSSR count). The summed E-state index contributed by atoms with van der Waals surface area (Å²) in [4.78, 5) is 4.35. The van der Waals surface area contributed by atoms with Gasteiger partial charge < -0.3 is 15.1 Å². The van der Waals surface area contributed by atoms with Gasteiger partial charge in [-0.3, -0.25) is 4.90 Å². The lowest BCUT2D eigenvalue weighted by Crippen LogP contribution is -2.54. The maximum absolute atomic E-state index is 13.0. The Hall–Kier alpha value is -1.17. The van der Waals surface area contributed by atoms with Crippen molar-refractivity contribution >= 4 is 5.69 Å². The third-order valence-corrected chi connectivity index (χ3v) is 5.69. The van der Waals surface area contributed by atoms with E-state index in [-0.39, 0.29) is 18.0 Å². The summed E-state index contributed by atoms with van der Waals surface area (Å²) < 4.78 is 13.0. The van der Waals surface area contributed by atoms with Crippen LogP contribution in [0.1, 0.15) is 38.5 Å². The molecule has 1 aliphatic heterocycles. The predicted octanol–water partition coefficient (Wildman–Crippen LogP) is 2.39. The van der Waals surface area contributed by atoms with E-state index in [2.05, 4.69) is 9.80 Å². The number of aliphatic hydroxyl groups is 2. The summed E-state index contributed by atoms with van der Waals surface area (Å²) in [7, 11) is 2.02. The van der Waals surface area contributed by atoms with Gasteiger partial charge in [0.15, 0.2) is 0 Å². The minimum Gasteiger partial charge on any atom is -0.391 e. The van der Waals surface area contributed by atoms with Gasteiger partial charge in [-0.2, -0.15) is 0 Å². The second-order valence-corrected chi connectivity index (χ2v) is 7.52. The molecule has 1 saturated heterocycles. The molecule has 0 unspecified atom stereocenters. The van der Waals surface area contributed by atoms with Crippen LogP contribution in [0.4, 0.5) is 10.1 Å². The molecule has 0 spiro atoms. The fraction of sp³-hybridized carbons (Fsp3) is 0.684. The van der Waals surface area contributed by atoms with Gasteiger partial charge in [0.05, 0.1) is 11.7 Å². The molecule has 2 fully saturated rings. The second kappa shape index (κ2) is 7.38. The summed E-state index contributed by atoms with van der Waals surface area (Å²) in [5, 5.41) is 21.2. The zero-order valence-corrected chi connectivity index (χ0v) is 14.5. The first-order valence-electron chi connectivity index (χ1n) is 9.08. The van der Waals surface area contributed by atoms with E-state index in [1.807, 2.05) is 7.05 Å². The standard InChI is InChI=1S/C19H29FN2O2/c1-21(17-4-2-3-5-18(17)23)14-19(24)10-12-22(13-11-19)16-8-6-15(20)7-9-16/h6-9,17-18,23-24H,2-5,10-14H2,1H3/t17-,18+/m0/s1. The second-order valence-electron chi connectivity index (χ2n) is 7.52. The van der Waals surface area contributed by atoms with E-state index in [0.29, 0.717) is 19.4 Å². The number of hydrogen-bond acceptors (Lipinski definition) is 4. The number of halogens is 1. The van der Waals surface area contributed by atoms with Crippen LogP contribution in [0, 0.1) is 5.82 Å². The lowest BCUT2D eigenvalue weighted by molar-refractivity contribution is -0.0448. The molecule has 1 aliphatic carbocycles. The Kier molecular flexibility index (Phi) is 5.42. The SMILES string of the molecule is CN(CC1(O)CCN(c2ccc(F)cc2)CC1)[C@H]1CCCC[C@H]1O. The molecular formula is C19H29FN2O2. The van der Waals surface area contributed by atoms with Crippen LogP contribution in [-0.4, -0.2) is 59.5 Å². The zero-order chi connectivity index (χ0) is 17.2. The quantitative estimate of drug-likeness (QED) is 0.886. The molecule has 2 aliphatic rings. The van der Waals surface area contributed by atoms with Crippen LogP contribution in [0.25, 0.3) is 0 Å². The van der Waals surface area contributed by atoms with Gasteiger partial charge in [-0.15, -0.1) is 0 Å². The van der Waals surface area contributed by atoms with Crippen molar-refractivity contribution in [3.63, 3.8) is 0 Å². The van der Waals surface area contributed by atoms with Crippen molar-refractivity contribution in [2.24, 2.45) is 0 Å². The van der Waals surface area contributed by atoms with Gasteiger partial charge in [0.25, 0.3) is 0 Å². The van der Waals surface area contributed by atoms with E-state index >= 15 is 0 Å². The Labute approximate surface area is 143 Å². The van der Waals surface area contributed by atoms with Crippen LogP contribution in [0.3, 0.4) is 0 Å². The van der Waals surface area contributed by atoms with E-state index in [1.54, 1.807) is 12.1 Å². The molecular weight excluding hydrogens is 307 g/mol. The summed E-state index contributed by atoms with van der Waals surface area (Å²) >= 11 is 0. The summed E-state index contributed by atoms with van der Waals surface area (Å²) in [6.45, 7) is 2.14. The Morgan fingerprint density at radius 3 is 2.42 bits per heavy atom. The normalized spacial score (nSPS) is 27.5. The molecule has 1 heterocycles. The maximum atomic E-state index is 13.0. The van der Waals surface area contributed by atoms with Crippen molar-refractivity contribution in [2.75, 3.05) is 31.6 Å². The average molecular weight is 336 g/mol. The molecule has 1 aromatic carbocycles. The van der Waals surface area contributed by atoms with Crippen LogP contribution in [0.5, 0.6) is 0 Å². The van der Waals surface area contributed by atoms with Crippen LogP contribution < -0.4 is 4.90 Å². The van der Waals surface area contributed by atoms with Crippen LogP contribution in [-0.2, 0) is 0 Å². The first kappa shape index (κ1) is 17.6. The molecule has 1 aromatic rings.